The zero-order valence-corrected chi connectivity index (χ0v) is 14.9. The lowest BCUT2D eigenvalue weighted by Crippen LogP contribution is -2.61. The van der Waals surface area contributed by atoms with Gasteiger partial charge in [-0.15, -0.1) is 0 Å². The van der Waals surface area contributed by atoms with E-state index in [1.807, 2.05) is 13.8 Å². The molecule has 0 fully saturated rings. The zero-order chi connectivity index (χ0) is 19.7. The smallest absolute Gasteiger partial charge is 0.409 e. The maximum absolute atomic E-state index is 12.2. The largest absolute Gasteiger partial charge is 0.480 e. The Bertz CT molecular complexity index is 471. The van der Waals surface area contributed by atoms with Crippen molar-refractivity contribution in [2.45, 2.75) is 57.9 Å². The van der Waals surface area contributed by atoms with Gasteiger partial charge in [-0.3, -0.25) is 0 Å². The molecule has 0 spiro atoms. The van der Waals surface area contributed by atoms with Crippen molar-refractivity contribution in [3.8, 4) is 0 Å². The van der Waals surface area contributed by atoms with Crippen molar-refractivity contribution >= 4 is 41.8 Å². The molecule has 128 valence electrons. The molecule has 0 saturated heterocycles. The van der Waals surface area contributed by atoms with Gasteiger partial charge in [0.2, 0.25) is 0 Å². The summed E-state index contributed by atoms with van der Waals surface area (Å²) in [7, 11) is 16.5. The number of ether oxygens (including phenoxy) is 1. The second-order valence-electron chi connectivity index (χ2n) is 5.68. The van der Waals surface area contributed by atoms with Gasteiger partial charge in [-0.25, -0.2) is 9.59 Å². The number of rotatable bonds is 6. The van der Waals surface area contributed by atoms with Crippen LogP contribution in [0.3, 0.4) is 0 Å². The van der Waals surface area contributed by atoms with E-state index in [0.717, 1.165) is 12.4 Å². The minimum atomic E-state index is -2.27. The van der Waals surface area contributed by atoms with Crippen molar-refractivity contribution in [1.82, 2.24) is 4.90 Å². The standard InChI is InChI=1S/C12H18B3N3O4.C2H6/c1-11(2,3)22-10(21)18(12(13,14)15)8(9(19)20)4-7(5-16)6-17;1-2/h5-6,8,16H,4,17H2,1-3H3,(H,19,20);1-2H3/b7-6-,16-5?;. The fraction of sp³-hybridized carbons (Fsp3) is 0.643. The molecule has 24 heavy (non-hydrogen) atoms. The molecule has 4 N–H and O–H groups in total. The van der Waals surface area contributed by atoms with Crippen LogP contribution in [0.25, 0.3) is 0 Å². The van der Waals surface area contributed by atoms with Crippen LogP contribution < -0.4 is 5.73 Å². The number of carboxylic acid groups (broad SMARTS) is 1. The van der Waals surface area contributed by atoms with Crippen LogP contribution in [0.15, 0.2) is 11.8 Å². The Kier molecular flexibility index (Phi) is 10.3. The average Bonchev–Trinajstić information content (AvgIpc) is 2.41. The Morgan fingerprint density at radius 2 is 1.75 bits per heavy atom. The van der Waals surface area contributed by atoms with Gasteiger partial charge in [0.05, 0.1) is 23.5 Å². The summed E-state index contributed by atoms with van der Waals surface area (Å²) in [5.41, 5.74) is 4.54. The first kappa shape index (κ1) is 24.4. The zero-order valence-electron chi connectivity index (χ0n) is 14.9. The summed E-state index contributed by atoms with van der Waals surface area (Å²) in [6.45, 7) is 8.77. The van der Waals surface area contributed by atoms with E-state index in [4.69, 9.17) is 39.4 Å². The van der Waals surface area contributed by atoms with Gasteiger partial charge in [0.1, 0.15) is 11.6 Å². The van der Waals surface area contributed by atoms with E-state index in [1.165, 1.54) is 0 Å². The Morgan fingerprint density at radius 3 is 2.00 bits per heavy atom. The number of nitrogens with zero attached hydrogens (tertiary/aromatic N) is 1. The summed E-state index contributed by atoms with van der Waals surface area (Å²) in [5, 5.41) is 14.2. The van der Waals surface area contributed by atoms with Crippen molar-refractivity contribution in [1.29, 1.82) is 5.41 Å². The molecule has 0 aliphatic carbocycles. The van der Waals surface area contributed by atoms with Crippen LogP contribution in [-0.2, 0) is 9.53 Å². The highest BCUT2D eigenvalue weighted by atomic mass is 16.6. The number of carbonyl (C=O) groups is 2. The van der Waals surface area contributed by atoms with Crippen LogP contribution in [0.1, 0.15) is 41.0 Å². The van der Waals surface area contributed by atoms with Gasteiger partial charge in [-0.05, 0) is 32.5 Å². The minimum absolute atomic E-state index is 0.158. The molecule has 0 aromatic rings. The summed E-state index contributed by atoms with van der Waals surface area (Å²) in [5.74, 6) is -1.42. The fourth-order valence-electron chi connectivity index (χ4n) is 1.55. The molecule has 0 aromatic heterocycles. The first-order chi connectivity index (χ1) is 10.8. The topological polar surface area (TPSA) is 117 Å². The Hall–Kier alpha value is -1.86. The molecule has 0 aliphatic heterocycles. The molecule has 6 radical (unpaired) electrons. The van der Waals surface area contributed by atoms with Gasteiger partial charge in [0, 0.05) is 12.6 Å². The molecular weight excluding hydrogens is 307 g/mol. The van der Waals surface area contributed by atoms with Crippen molar-refractivity contribution in [2.75, 3.05) is 0 Å². The monoisotopic (exact) mass is 331 g/mol. The van der Waals surface area contributed by atoms with E-state index in [-0.39, 0.29) is 12.0 Å². The Labute approximate surface area is 147 Å². The van der Waals surface area contributed by atoms with Gasteiger partial charge in [-0.2, -0.15) is 0 Å². The highest BCUT2D eigenvalue weighted by Crippen LogP contribution is 2.20. The molecule has 0 saturated carbocycles. The van der Waals surface area contributed by atoms with Gasteiger partial charge >= 0.3 is 12.1 Å². The highest BCUT2D eigenvalue weighted by molar-refractivity contribution is 6.59. The normalized spacial score (nSPS) is 13.1. The summed E-state index contributed by atoms with van der Waals surface area (Å²) in [6.07, 6.45) is 0.506. The number of hydrogen-bond acceptors (Lipinski definition) is 5. The molecule has 1 atom stereocenters. The second kappa shape index (κ2) is 10.1. The van der Waals surface area contributed by atoms with Crippen LogP contribution in [0, 0.1) is 5.41 Å². The van der Waals surface area contributed by atoms with Crippen LogP contribution in [0.5, 0.6) is 0 Å². The number of aliphatic carboxylic acids is 1. The molecule has 10 heteroatoms. The maximum Gasteiger partial charge on any atom is 0.409 e. The third-order valence-corrected chi connectivity index (χ3v) is 2.43. The quantitative estimate of drug-likeness (QED) is 0.489. The van der Waals surface area contributed by atoms with Gasteiger partial charge in [-0.1, -0.05) is 19.1 Å². The molecule has 0 rings (SSSR count). The van der Waals surface area contributed by atoms with E-state index >= 15 is 0 Å². The van der Waals surface area contributed by atoms with E-state index in [2.05, 4.69) is 0 Å². The molecular formula is C14H24B3N3O4. The van der Waals surface area contributed by atoms with Gasteiger partial charge in [0.25, 0.3) is 0 Å². The lowest BCUT2D eigenvalue weighted by molar-refractivity contribution is -0.143. The summed E-state index contributed by atoms with van der Waals surface area (Å²) in [6, 6.07) is -1.55. The summed E-state index contributed by atoms with van der Waals surface area (Å²) in [4.78, 5) is 24.2. The minimum Gasteiger partial charge on any atom is -0.480 e. The lowest BCUT2D eigenvalue weighted by atomic mass is 9.48. The number of nitrogens with one attached hydrogen (secondary N) is 1. The lowest BCUT2D eigenvalue weighted by Gasteiger charge is -2.42. The number of hydrogen-bond donors (Lipinski definition) is 3. The maximum atomic E-state index is 12.2. The van der Waals surface area contributed by atoms with Crippen LogP contribution >= 0.6 is 0 Å². The predicted octanol–water partition coefficient (Wildman–Crippen LogP) is 0.702. The molecule has 0 aliphatic rings. The molecule has 0 aromatic carbocycles. The SMILES string of the molecule is CC.[B]C([B])([B])N(C(=O)OC(C)(C)C)C(C/C(C=N)=C/N)C(=O)O. The molecule has 1 unspecified atom stereocenters. The first-order valence-corrected chi connectivity index (χ1v) is 7.36. The number of amides is 1. The van der Waals surface area contributed by atoms with Gasteiger partial charge < -0.3 is 25.9 Å². The Balaban J connectivity index is 0. The highest BCUT2D eigenvalue weighted by Gasteiger charge is 2.39. The number of carbonyl (C=O) groups excluding carboxylic acids is 1. The average molecular weight is 331 g/mol. The van der Waals surface area contributed by atoms with Gasteiger partial charge in [0.15, 0.2) is 0 Å². The number of nitrogens with two attached hydrogens (primary N) is 1. The van der Waals surface area contributed by atoms with Crippen molar-refractivity contribution < 1.29 is 19.4 Å². The van der Waals surface area contributed by atoms with Crippen LogP contribution in [0.2, 0.25) is 0 Å². The van der Waals surface area contributed by atoms with Crippen molar-refractivity contribution in [3.63, 3.8) is 0 Å². The molecule has 0 heterocycles. The number of carboxylic acids is 1. The predicted molar refractivity (Wildman–Crippen MR) is 96.5 cm³/mol. The van der Waals surface area contributed by atoms with Crippen LogP contribution in [0.4, 0.5) is 4.79 Å². The van der Waals surface area contributed by atoms with E-state index in [9.17, 15) is 14.7 Å². The van der Waals surface area contributed by atoms with E-state index in [1.54, 1.807) is 20.8 Å². The third-order valence-electron chi connectivity index (χ3n) is 2.43. The third kappa shape index (κ3) is 8.69. The molecule has 1 amide bonds. The summed E-state index contributed by atoms with van der Waals surface area (Å²) >= 11 is 0. The molecule has 0 bridgehead atoms. The Morgan fingerprint density at radius 1 is 1.29 bits per heavy atom. The summed E-state index contributed by atoms with van der Waals surface area (Å²) < 4.78 is 5.08. The van der Waals surface area contributed by atoms with Crippen LogP contribution in [-0.4, -0.2) is 68.7 Å². The molecule has 7 nitrogen and oxygen atoms in total. The van der Waals surface area contributed by atoms with E-state index in [0.29, 0.717) is 4.90 Å². The second-order valence-corrected chi connectivity index (χ2v) is 5.68. The van der Waals surface area contributed by atoms with E-state index < -0.39 is 28.9 Å². The fourth-order valence-corrected chi connectivity index (χ4v) is 1.55. The van der Waals surface area contributed by atoms with Crippen molar-refractivity contribution in [2.24, 2.45) is 5.73 Å². The van der Waals surface area contributed by atoms with Crippen molar-refractivity contribution in [3.05, 3.63) is 11.8 Å². The first-order valence-electron chi connectivity index (χ1n) is 7.36.